The van der Waals surface area contributed by atoms with Crippen molar-refractivity contribution in [1.29, 1.82) is 0 Å². The van der Waals surface area contributed by atoms with Crippen LogP contribution in [0.2, 0.25) is 0 Å². The lowest BCUT2D eigenvalue weighted by Crippen LogP contribution is -2.36. The highest BCUT2D eigenvalue weighted by molar-refractivity contribution is 7.89. The maximum absolute atomic E-state index is 12.6. The lowest BCUT2D eigenvalue weighted by molar-refractivity contribution is -0.0432. The molecule has 0 amide bonds. The van der Waals surface area contributed by atoms with Crippen LogP contribution in [-0.4, -0.2) is 37.5 Å². The number of nitrogens with one attached hydrogen (secondary N) is 1. The van der Waals surface area contributed by atoms with Gasteiger partial charge in [0.2, 0.25) is 10.0 Å². The third kappa shape index (κ3) is 3.39. The second kappa shape index (κ2) is 6.47. The number of hydrogen-bond donors (Lipinski definition) is 1. The minimum absolute atomic E-state index is 0.219. The Balaban J connectivity index is 1.74. The zero-order valence-corrected chi connectivity index (χ0v) is 13.6. The van der Waals surface area contributed by atoms with Gasteiger partial charge in [-0.05, 0) is 24.4 Å². The SMILES string of the molecule is CC(Cn1cccn1)NS(=O)(=O)c1ccsc1C1OCCO1. The minimum atomic E-state index is -3.63. The Kier molecular flexibility index (Phi) is 4.59. The summed E-state index contributed by atoms with van der Waals surface area (Å²) in [4.78, 5) is 0.799. The van der Waals surface area contributed by atoms with Crippen molar-refractivity contribution in [3.8, 4) is 0 Å². The van der Waals surface area contributed by atoms with E-state index in [4.69, 9.17) is 9.47 Å². The summed E-state index contributed by atoms with van der Waals surface area (Å²) in [6.45, 7) is 3.21. The van der Waals surface area contributed by atoms with Crippen LogP contribution in [-0.2, 0) is 26.0 Å². The molecule has 7 nitrogen and oxygen atoms in total. The molecule has 1 fully saturated rings. The van der Waals surface area contributed by atoms with Crippen molar-refractivity contribution < 1.29 is 17.9 Å². The average Bonchev–Trinajstić information content (AvgIpc) is 3.20. The fourth-order valence-corrected chi connectivity index (χ4v) is 4.95. The highest BCUT2D eigenvalue weighted by Crippen LogP contribution is 2.33. The van der Waals surface area contributed by atoms with Gasteiger partial charge in [-0.25, -0.2) is 13.1 Å². The molecule has 1 aliphatic rings. The third-order valence-electron chi connectivity index (χ3n) is 3.16. The maximum atomic E-state index is 12.6. The van der Waals surface area contributed by atoms with Crippen LogP contribution < -0.4 is 4.72 Å². The van der Waals surface area contributed by atoms with Gasteiger partial charge >= 0.3 is 0 Å². The highest BCUT2D eigenvalue weighted by atomic mass is 32.2. The molecule has 120 valence electrons. The Morgan fingerprint density at radius 2 is 2.27 bits per heavy atom. The van der Waals surface area contributed by atoms with Gasteiger partial charge in [-0.3, -0.25) is 4.68 Å². The molecular formula is C13H17N3O4S2. The highest BCUT2D eigenvalue weighted by Gasteiger charge is 2.29. The van der Waals surface area contributed by atoms with E-state index < -0.39 is 16.3 Å². The molecule has 9 heteroatoms. The molecule has 0 aliphatic carbocycles. The van der Waals surface area contributed by atoms with Crippen molar-refractivity contribution in [2.24, 2.45) is 0 Å². The maximum Gasteiger partial charge on any atom is 0.242 e. The van der Waals surface area contributed by atoms with E-state index in [-0.39, 0.29) is 10.9 Å². The predicted molar refractivity (Wildman–Crippen MR) is 81.0 cm³/mol. The van der Waals surface area contributed by atoms with Crippen molar-refractivity contribution in [2.45, 2.75) is 30.7 Å². The summed E-state index contributed by atoms with van der Waals surface area (Å²) >= 11 is 1.32. The van der Waals surface area contributed by atoms with E-state index in [2.05, 4.69) is 9.82 Å². The standard InChI is InChI=1S/C13H17N3O4S2/c1-10(9-16-5-2-4-14-16)15-22(17,18)11-3-8-21-12(11)13-19-6-7-20-13/h2-5,8,10,13,15H,6-7,9H2,1H3. The number of hydrogen-bond acceptors (Lipinski definition) is 6. The normalized spacial score (nSPS) is 17.9. The first kappa shape index (κ1) is 15.6. The van der Waals surface area contributed by atoms with Gasteiger partial charge in [0.15, 0.2) is 6.29 Å². The van der Waals surface area contributed by atoms with Crippen molar-refractivity contribution in [1.82, 2.24) is 14.5 Å². The van der Waals surface area contributed by atoms with Crippen LogP contribution in [0.25, 0.3) is 0 Å². The molecule has 0 bridgehead atoms. The first-order valence-electron chi connectivity index (χ1n) is 6.86. The van der Waals surface area contributed by atoms with Gasteiger partial charge in [0.25, 0.3) is 0 Å². The van der Waals surface area contributed by atoms with Crippen LogP contribution in [0.15, 0.2) is 34.8 Å². The van der Waals surface area contributed by atoms with Gasteiger partial charge < -0.3 is 9.47 Å². The van der Waals surface area contributed by atoms with Crippen molar-refractivity contribution in [3.05, 3.63) is 34.8 Å². The van der Waals surface area contributed by atoms with Crippen LogP contribution in [0.5, 0.6) is 0 Å². The minimum Gasteiger partial charge on any atom is -0.345 e. The van der Waals surface area contributed by atoms with Crippen LogP contribution in [0, 0.1) is 0 Å². The topological polar surface area (TPSA) is 82.5 Å². The van der Waals surface area contributed by atoms with Crippen LogP contribution in [0.4, 0.5) is 0 Å². The zero-order chi connectivity index (χ0) is 15.6. The predicted octanol–water partition coefficient (Wildman–Crippen LogP) is 1.36. The van der Waals surface area contributed by atoms with Gasteiger partial charge in [0, 0.05) is 18.4 Å². The molecule has 22 heavy (non-hydrogen) atoms. The quantitative estimate of drug-likeness (QED) is 0.856. The summed E-state index contributed by atoms with van der Waals surface area (Å²) in [7, 11) is -3.63. The molecule has 0 spiro atoms. The zero-order valence-electron chi connectivity index (χ0n) is 12.0. The van der Waals surface area contributed by atoms with Gasteiger partial charge in [-0.15, -0.1) is 11.3 Å². The molecule has 0 radical (unpaired) electrons. The van der Waals surface area contributed by atoms with E-state index in [1.165, 1.54) is 11.3 Å². The largest absolute Gasteiger partial charge is 0.345 e. The fraction of sp³-hybridized carbons (Fsp3) is 0.462. The van der Waals surface area contributed by atoms with Gasteiger partial charge in [0.05, 0.1) is 24.6 Å². The molecule has 2 aromatic heterocycles. The molecule has 0 saturated carbocycles. The number of sulfonamides is 1. The van der Waals surface area contributed by atoms with Crippen LogP contribution in [0.1, 0.15) is 18.1 Å². The lowest BCUT2D eigenvalue weighted by Gasteiger charge is -2.16. The molecule has 1 atom stereocenters. The first-order valence-corrected chi connectivity index (χ1v) is 9.23. The summed E-state index contributed by atoms with van der Waals surface area (Å²) < 4.78 is 40.3. The van der Waals surface area contributed by atoms with E-state index in [1.54, 1.807) is 41.5 Å². The molecule has 1 unspecified atom stereocenters. The van der Waals surface area contributed by atoms with E-state index >= 15 is 0 Å². The van der Waals surface area contributed by atoms with E-state index in [1.807, 2.05) is 0 Å². The second-order valence-electron chi connectivity index (χ2n) is 4.97. The van der Waals surface area contributed by atoms with Gasteiger partial charge in [-0.1, -0.05) is 0 Å². The van der Waals surface area contributed by atoms with E-state index in [0.29, 0.717) is 24.6 Å². The Labute approximate surface area is 132 Å². The molecule has 0 aromatic carbocycles. The smallest absolute Gasteiger partial charge is 0.242 e. The number of ether oxygens (including phenoxy) is 2. The molecular weight excluding hydrogens is 326 g/mol. The molecule has 1 N–H and O–H groups in total. The first-order chi connectivity index (χ1) is 10.6. The third-order valence-corrected chi connectivity index (χ3v) is 5.87. The molecule has 1 saturated heterocycles. The number of nitrogens with zero attached hydrogens (tertiary/aromatic N) is 2. The van der Waals surface area contributed by atoms with Crippen molar-refractivity contribution in [2.75, 3.05) is 13.2 Å². The number of aromatic nitrogens is 2. The summed E-state index contributed by atoms with van der Waals surface area (Å²) in [5.41, 5.74) is 0. The molecule has 3 rings (SSSR count). The monoisotopic (exact) mass is 343 g/mol. The van der Waals surface area contributed by atoms with Gasteiger partial charge in [-0.2, -0.15) is 5.10 Å². The lowest BCUT2D eigenvalue weighted by atomic mass is 10.4. The molecule has 1 aliphatic heterocycles. The summed E-state index contributed by atoms with van der Waals surface area (Å²) in [6, 6.07) is 3.09. The Hall–Kier alpha value is -1.26. The number of rotatable bonds is 6. The van der Waals surface area contributed by atoms with Crippen LogP contribution >= 0.6 is 11.3 Å². The fourth-order valence-electron chi connectivity index (χ4n) is 2.27. The summed E-state index contributed by atoms with van der Waals surface area (Å²) in [5.74, 6) is 0. The van der Waals surface area contributed by atoms with E-state index in [9.17, 15) is 8.42 Å². The van der Waals surface area contributed by atoms with Crippen molar-refractivity contribution in [3.63, 3.8) is 0 Å². The number of thiophene rings is 1. The second-order valence-corrected chi connectivity index (χ2v) is 7.60. The Bertz CT molecular complexity index is 705. The van der Waals surface area contributed by atoms with Gasteiger partial charge in [0.1, 0.15) is 4.90 Å². The van der Waals surface area contributed by atoms with E-state index in [0.717, 1.165) is 0 Å². The summed E-state index contributed by atoms with van der Waals surface area (Å²) in [6.07, 6.45) is 2.86. The Morgan fingerprint density at radius 3 is 2.95 bits per heavy atom. The Morgan fingerprint density at radius 1 is 1.50 bits per heavy atom. The van der Waals surface area contributed by atoms with Crippen LogP contribution in [0.3, 0.4) is 0 Å². The average molecular weight is 343 g/mol. The van der Waals surface area contributed by atoms with Crippen molar-refractivity contribution >= 4 is 21.4 Å². The molecule has 2 aromatic rings. The molecule has 3 heterocycles. The summed E-state index contributed by atoms with van der Waals surface area (Å²) in [5, 5.41) is 5.80.